The fraction of sp³-hybridized carbons (Fsp3) is 0.350. The van der Waals surface area contributed by atoms with Crippen LogP contribution in [0.25, 0.3) is 22.1 Å². The maximum absolute atomic E-state index is 10.3. The number of aliphatic hydroxyl groups is 3. The lowest BCUT2D eigenvalue weighted by Crippen LogP contribution is -2.33. The summed E-state index contributed by atoms with van der Waals surface area (Å²) >= 11 is 6.12. The molecule has 0 aliphatic carbocycles. The SMILES string of the molecule is OC[C@H]1O[C@@H](n2cnc3c(NCCc4c[nH]c5ccc(Cl)cc45)ncnc32)[C@H](O)[C@@H]1O. The van der Waals surface area contributed by atoms with Crippen molar-refractivity contribution < 1.29 is 20.1 Å². The van der Waals surface area contributed by atoms with Gasteiger partial charge in [0.1, 0.15) is 24.6 Å². The third-order valence-corrected chi connectivity index (χ3v) is 5.80. The quantitative estimate of drug-likeness (QED) is 0.299. The molecular formula is C20H21ClN6O4. The molecule has 0 amide bonds. The summed E-state index contributed by atoms with van der Waals surface area (Å²) in [6.07, 6.45) is 1.39. The molecule has 0 bridgehead atoms. The Morgan fingerprint density at radius 2 is 2.06 bits per heavy atom. The molecule has 0 radical (unpaired) electrons. The van der Waals surface area contributed by atoms with E-state index < -0.39 is 31.1 Å². The van der Waals surface area contributed by atoms with E-state index in [9.17, 15) is 15.3 Å². The number of hydrogen-bond acceptors (Lipinski definition) is 8. The highest BCUT2D eigenvalue weighted by Gasteiger charge is 2.44. The zero-order valence-corrected chi connectivity index (χ0v) is 17.1. The van der Waals surface area contributed by atoms with Gasteiger partial charge in [-0.3, -0.25) is 4.57 Å². The highest BCUT2D eigenvalue weighted by Crippen LogP contribution is 2.32. The number of imidazole rings is 1. The van der Waals surface area contributed by atoms with Crippen LogP contribution in [-0.4, -0.2) is 71.3 Å². The maximum Gasteiger partial charge on any atom is 0.167 e. The Kier molecular flexibility index (Phi) is 5.24. The van der Waals surface area contributed by atoms with Crippen molar-refractivity contribution in [2.75, 3.05) is 18.5 Å². The number of hydrogen-bond donors (Lipinski definition) is 5. The van der Waals surface area contributed by atoms with E-state index in [1.807, 2.05) is 24.4 Å². The molecule has 0 spiro atoms. The van der Waals surface area contributed by atoms with Gasteiger partial charge >= 0.3 is 0 Å². The second-order valence-electron chi connectivity index (χ2n) is 7.46. The summed E-state index contributed by atoms with van der Waals surface area (Å²) in [5, 5.41) is 34.7. The van der Waals surface area contributed by atoms with Crippen molar-refractivity contribution in [2.45, 2.75) is 31.0 Å². The standard InChI is InChI=1S/C20H21ClN6O4/c21-11-1-2-13-12(5-11)10(6-23-13)3-4-22-18-15-19(25-8-24-18)27(9-26-15)20-17(30)16(29)14(7-28)31-20/h1-2,5-6,8-9,14,16-17,20,23,28-30H,3-4,7H2,(H,22,24,25)/t14-,16-,17-,20-/m1/s1. The molecule has 31 heavy (non-hydrogen) atoms. The Balaban J connectivity index is 1.35. The lowest BCUT2D eigenvalue weighted by atomic mass is 10.1. The summed E-state index contributed by atoms with van der Waals surface area (Å²) in [6.45, 7) is 0.203. The van der Waals surface area contributed by atoms with Gasteiger partial charge in [-0.1, -0.05) is 11.6 Å². The van der Waals surface area contributed by atoms with Gasteiger partial charge in [0.15, 0.2) is 23.2 Å². The number of aromatic nitrogens is 5. The molecular weight excluding hydrogens is 424 g/mol. The van der Waals surface area contributed by atoms with Gasteiger partial charge in [-0.25, -0.2) is 15.0 Å². The van der Waals surface area contributed by atoms with E-state index in [1.165, 1.54) is 17.2 Å². The number of benzene rings is 1. The van der Waals surface area contributed by atoms with E-state index in [1.54, 1.807) is 0 Å². The largest absolute Gasteiger partial charge is 0.394 e. The summed E-state index contributed by atoms with van der Waals surface area (Å²) in [5.74, 6) is 0.549. The van der Waals surface area contributed by atoms with E-state index in [-0.39, 0.29) is 0 Å². The van der Waals surface area contributed by atoms with Crippen molar-refractivity contribution in [3.8, 4) is 0 Å². The number of fused-ring (bicyclic) bond motifs is 2. The molecule has 4 heterocycles. The number of rotatable bonds is 6. The van der Waals surface area contributed by atoms with E-state index in [0.717, 1.165) is 22.9 Å². The van der Waals surface area contributed by atoms with Crippen LogP contribution < -0.4 is 5.32 Å². The summed E-state index contributed by atoms with van der Waals surface area (Å²) in [6, 6.07) is 5.74. The van der Waals surface area contributed by atoms with Crippen LogP contribution >= 0.6 is 11.6 Å². The van der Waals surface area contributed by atoms with E-state index in [2.05, 4.69) is 25.3 Å². The van der Waals surface area contributed by atoms with Crippen LogP contribution in [0.3, 0.4) is 0 Å². The lowest BCUT2D eigenvalue weighted by Gasteiger charge is -2.16. The number of H-pyrrole nitrogens is 1. The van der Waals surface area contributed by atoms with Crippen molar-refractivity contribution in [2.24, 2.45) is 0 Å². The van der Waals surface area contributed by atoms with E-state index in [4.69, 9.17) is 16.3 Å². The topological polar surface area (TPSA) is 141 Å². The minimum absolute atomic E-state index is 0.401. The van der Waals surface area contributed by atoms with Gasteiger partial charge in [0.05, 0.1) is 12.9 Å². The molecule has 5 N–H and O–H groups in total. The first-order valence-electron chi connectivity index (χ1n) is 9.86. The maximum atomic E-state index is 10.3. The first kappa shape index (κ1) is 20.2. The Labute approximate surface area is 181 Å². The first-order valence-corrected chi connectivity index (χ1v) is 10.2. The molecule has 1 aromatic carbocycles. The van der Waals surface area contributed by atoms with Crippen molar-refractivity contribution >= 4 is 39.5 Å². The number of halogens is 1. The van der Waals surface area contributed by atoms with Gasteiger partial charge in [-0.15, -0.1) is 0 Å². The van der Waals surface area contributed by atoms with E-state index >= 15 is 0 Å². The van der Waals surface area contributed by atoms with Crippen molar-refractivity contribution in [1.29, 1.82) is 0 Å². The van der Waals surface area contributed by atoms with Crippen LogP contribution in [0, 0.1) is 0 Å². The van der Waals surface area contributed by atoms with Gasteiger partial charge in [0.2, 0.25) is 0 Å². The number of anilines is 1. The number of aliphatic hydroxyl groups excluding tert-OH is 3. The molecule has 11 heteroatoms. The fourth-order valence-corrected chi connectivity index (χ4v) is 4.12. The van der Waals surface area contributed by atoms with Crippen molar-refractivity contribution in [1.82, 2.24) is 24.5 Å². The Bertz CT molecular complexity index is 1230. The van der Waals surface area contributed by atoms with Crippen LogP contribution in [-0.2, 0) is 11.2 Å². The lowest BCUT2D eigenvalue weighted by molar-refractivity contribution is -0.0511. The smallest absolute Gasteiger partial charge is 0.167 e. The fourth-order valence-electron chi connectivity index (χ4n) is 3.95. The summed E-state index contributed by atoms with van der Waals surface area (Å²) in [5.41, 5.74) is 3.13. The Hall–Kier alpha value is -2.76. The zero-order valence-electron chi connectivity index (χ0n) is 16.3. The molecule has 162 valence electrons. The average Bonchev–Trinajstić information content (AvgIpc) is 3.45. The molecule has 3 aromatic heterocycles. The molecule has 4 atom stereocenters. The summed E-state index contributed by atoms with van der Waals surface area (Å²) < 4.78 is 7.12. The predicted octanol–water partition coefficient (Wildman–Crippen LogP) is 1.23. The van der Waals surface area contributed by atoms with Gasteiger partial charge in [0, 0.05) is 28.7 Å². The van der Waals surface area contributed by atoms with Gasteiger partial charge in [-0.2, -0.15) is 0 Å². The van der Waals surface area contributed by atoms with Crippen molar-refractivity contribution in [3.63, 3.8) is 0 Å². The Morgan fingerprint density at radius 1 is 1.19 bits per heavy atom. The second kappa shape index (κ2) is 8.06. The molecule has 1 aliphatic heterocycles. The first-order chi connectivity index (χ1) is 15.1. The molecule has 1 aliphatic rings. The van der Waals surface area contributed by atoms with Crippen LogP contribution in [0.15, 0.2) is 37.1 Å². The monoisotopic (exact) mass is 444 g/mol. The number of nitrogens with one attached hydrogen (secondary N) is 2. The molecule has 1 saturated heterocycles. The summed E-state index contributed by atoms with van der Waals surface area (Å²) in [4.78, 5) is 16.2. The highest BCUT2D eigenvalue weighted by atomic mass is 35.5. The van der Waals surface area contributed by atoms with Crippen LogP contribution in [0.1, 0.15) is 11.8 Å². The van der Waals surface area contributed by atoms with Gasteiger partial charge < -0.3 is 30.4 Å². The summed E-state index contributed by atoms with van der Waals surface area (Å²) in [7, 11) is 0. The van der Waals surface area contributed by atoms with E-state index in [0.29, 0.717) is 28.5 Å². The van der Waals surface area contributed by atoms with Crippen LogP contribution in [0.2, 0.25) is 5.02 Å². The molecule has 10 nitrogen and oxygen atoms in total. The molecule has 0 saturated carbocycles. The second-order valence-corrected chi connectivity index (χ2v) is 7.89. The third-order valence-electron chi connectivity index (χ3n) is 5.57. The Morgan fingerprint density at radius 3 is 2.87 bits per heavy atom. The highest BCUT2D eigenvalue weighted by molar-refractivity contribution is 6.31. The van der Waals surface area contributed by atoms with Crippen LogP contribution in [0.4, 0.5) is 5.82 Å². The minimum atomic E-state index is -1.21. The number of aromatic amines is 1. The number of nitrogens with zero attached hydrogens (tertiary/aromatic N) is 4. The van der Waals surface area contributed by atoms with Gasteiger partial charge in [0.25, 0.3) is 0 Å². The normalized spacial score (nSPS) is 23.7. The van der Waals surface area contributed by atoms with Gasteiger partial charge in [-0.05, 0) is 30.2 Å². The average molecular weight is 445 g/mol. The molecule has 0 unspecified atom stereocenters. The molecule has 5 rings (SSSR count). The predicted molar refractivity (Wildman–Crippen MR) is 114 cm³/mol. The van der Waals surface area contributed by atoms with Crippen molar-refractivity contribution in [3.05, 3.63) is 47.6 Å². The zero-order chi connectivity index (χ0) is 21.5. The van der Waals surface area contributed by atoms with Crippen LogP contribution in [0.5, 0.6) is 0 Å². The third kappa shape index (κ3) is 3.52. The number of ether oxygens (including phenoxy) is 1. The minimum Gasteiger partial charge on any atom is -0.394 e. The molecule has 4 aromatic rings. The molecule has 1 fully saturated rings.